The predicted molar refractivity (Wildman–Crippen MR) is 79.6 cm³/mol. The first-order valence-corrected chi connectivity index (χ1v) is 6.89. The molecule has 0 saturated heterocycles. The van der Waals surface area contributed by atoms with Gasteiger partial charge in [-0.05, 0) is 5.92 Å². The van der Waals surface area contributed by atoms with E-state index >= 15 is 0 Å². The minimum Gasteiger partial charge on any atom is -0.311 e. The number of carbonyl (C=O) groups is 3. The van der Waals surface area contributed by atoms with Crippen LogP contribution in [0.3, 0.4) is 0 Å². The molecule has 2 aliphatic rings. The first kappa shape index (κ1) is 14.2. The van der Waals surface area contributed by atoms with Gasteiger partial charge in [-0.2, -0.15) is 5.10 Å². The van der Waals surface area contributed by atoms with E-state index in [1.165, 1.54) is 23.0 Å². The van der Waals surface area contributed by atoms with Crippen LogP contribution in [0.15, 0.2) is 17.1 Å². The zero-order valence-electron chi connectivity index (χ0n) is 12.2. The fraction of sp³-hybridized carbons (Fsp3) is 0.357. The van der Waals surface area contributed by atoms with E-state index < -0.39 is 5.92 Å². The van der Waals surface area contributed by atoms with Gasteiger partial charge in [0, 0.05) is 31.3 Å². The van der Waals surface area contributed by atoms with Gasteiger partial charge >= 0.3 is 0 Å². The summed E-state index contributed by atoms with van der Waals surface area (Å²) in [6.07, 6.45) is 4.41. The Morgan fingerprint density at radius 2 is 2.23 bits per heavy atom. The molecule has 22 heavy (non-hydrogen) atoms. The highest BCUT2D eigenvalue weighted by atomic mass is 16.2. The molecule has 3 heterocycles. The Labute approximate surface area is 126 Å². The second kappa shape index (κ2) is 5.21. The average molecular weight is 301 g/mol. The third kappa shape index (κ3) is 2.43. The van der Waals surface area contributed by atoms with Gasteiger partial charge in [0.2, 0.25) is 11.8 Å². The lowest BCUT2D eigenvalue weighted by atomic mass is 9.95. The Kier molecular flexibility index (Phi) is 3.36. The normalized spacial score (nSPS) is 23.2. The molecule has 1 aromatic rings. The van der Waals surface area contributed by atoms with Crippen LogP contribution in [0.5, 0.6) is 0 Å². The van der Waals surface area contributed by atoms with Crippen molar-refractivity contribution in [3.05, 3.63) is 17.7 Å². The first-order valence-electron chi connectivity index (χ1n) is 6.89. The highest BCUT2D eigenvalue weighted by molar-refractivity contribution is 6.09. The van der Waals surface area contributed by atoms with Gasteiger partial charge in [-0.3, -0.25) is 19.1 Å². The lowest BCUT2D eigenvalue weighted by Gasteiger charge is -2.20. The predicted octanol–water partition coefficient (Wildman–Crippen LogP) is 0.588. The molecule has 1 aromatic heterocycles. The molecule has 114 valence electrons. The van der Waals surface area contributed by atoms with Gasteiger partial charge in [0.25, 0.3) is 5.91 Å². The standard InChI is InChI=1S/C14H15N5O3/c1-7-5-10(21)16-13-11(7)12(18-19(13)2)17-14(22)8-3-4-9(20)15-6-8/h3-4,6-8H,5H2,1-2H3,(H,16,21)(H,17,18,22). The van der Waals surface area contributed by atoms with E-state index in [4.69, 9.17) is 0 Å². The van der Waals surface area contributed by atoms with E-state index in [0.29, 0.717) is 18.1 Å². The van der Waals surface area contributed by atoms with Crippen LogP contribution >= 0.6 is 0 Å². The van der Waals surface area contributed by atoms with Gasteiger partial charge in [-0.25, -0.2) is 4.99 Å². The summed E-state index contributed by atoms with van der Waals surface area (Å²) in [7, 11) is 1.70. The van der Waals surface area contributed by atoms with Crippen molar-refractivity contribution in [1.29, 1.82) is 0 Å². The summed E-state index contributed by atoms with van der Waals surface area (Å²) in [5.74, 6) is -0.389. The molecule has 3 amide bonds. The summed E-state index contributed by atoms with van der Waals surface area (Å²) in [5, 5.41) is 9.77. The van der Waals surface area contributed by atoms with Crippen molar-refractivity contribution in [3.8, 4) is 0 Å². The number of carbonyl (C=O) groups excluding carboxylic acids is 3. The Balaban J connectivity index is 1.85. The van der Waals surface area contributed by atoms with Crippen molar-refractivity contribution >= 4 is 35.6 Å². The fourth-order valence-corrected chi connectivity index (χ4v) is 2.60. The summed E-state index contributed by atoms with van der Waals surface area (Å²) in [6, 6.07) is 0. The van der Waals surface area contributed by atoms with Crippen molar-refractivity contribution < 1.29 is 14.4 Å². The van der Waals surface area contributed by atoms with Gasteiger partial charge in [0.1, 0.15) is 5.82 Å². The molecular weight excluding hydrogens is 286 g/mol. The molecule has 2 N–H and O–H groups in total. The van der Waals surface area contributed by atoms with Crippen LogP contribution in [0.1, 0.15) is 24.8 Å². The molecule has 0 radical (unpaired) electrons. The van der Waals surface area contributed by atoms with Crippen LogP contribution in [0.2, 0.25) is 0 Å². The third-order valence-corrected chi connectivity index (χ3v) is 3.68. The molecule has 0 saturated carbocycles. The molecular formula is C14H15N5O3. The molecule has 0 aliphatic carbocycles. The second-order valence-electron chi connectivity index (χ2n) is 5.38. The van der Waals surface area contributed by atoms with Crippen LogP contribution < -0.4 is 10.6 Å². The quantitative estimate of drug-likeness (QED) is 0.833. The van der Waals surface area contributed by atoms with Crippen molar-refractivity contribution in [1.82, 2.24) is 9.78 Å². The van der Waals surface area contributed by atoms with Gasteiger partial charge in [0.05, 0.1) is 5.92 Å². The number of hydrogen-bond donors (Lipinski definition) is 2. The maximum Gasteiger partial charge on any atom is 0.269 e. The van der Waals surface area contributed by atoms with Crippen molar-refractivity contribution in [2.75, 3.05) is 10.6 Å². The van der Waals surface area contributed by atoms with E-state index in [2.05, 4.69) is 20.7 Å². The molecule has 3 rings (SSSR count). The van der Waals surface area contributed by atoms with Crippen LogP contribution in [0, 0.1) is 5.92 Å². The first-order chi connectivity index (χ1) is 10.5. The van der Waals surface area contributed by atoms with Crippen molar-refractivity contribution in [2.45, 2.75) is 19.3 Å². The Morgan fingerprint density at radius 3 is 2.91 bits per heavy atom. The Bertz CT molecular complexity index is 715. The Morgan fingerprint density at radius 1 is 1.45 bits per heavy atom. The van der Waals surface area contributed by atoms with E-state index in [0.717, 1.165) is 5.56 Å². The summed E-state index contributed by atoms with van der Waals surface area (Å²) in [6.45, 7) is 1.91. The third-order valence-electron chi connectivity index (χ3n) is 3.68. The van der Waals surface area contributed by atoms with Gasteiger partial charge < -0.3 is 10.6 Å². The van der Waals surface area contributed by atoms with E-state index in [-0.39, 0.29) is 23.6 Å². The molecule has 2 unspecified atom stereocenters. The zero-order valence-corrected chi connectivity index (χ0v) is 12.2. The number of anilines is 2. The number of fused-ring (bicyclic) bond motifs is 1. The molecule has 8 nitrogen and oxygen atoms in total. The van der Waals surface area contributed by atoms with E-state index in [9.17, 15) is 14.4 Å². The Hall–Kier alpha value is -2.77. The average Bonchev–Trinajstić information content (AvgIpc) is 2.76. The van der Waals surface area contributed by atoms with Crippen LogP contribution in [-0.4, -0.2) is 33.7 Å². The topological polar surface area (TPSA) is 105 Å². The van der Waals surface area contributed by atoms with Crippen molar-refractivity contribution in [2.24, 2.45) is 18.0 Å². The van der Waals surface area contributed by atoms with E-state index in [1.54, 1.807) is 7.05 Å². The number of aliphatic imine (C=N–C) groups is 1. The van der Waals surface area contributed by atoms with Crippen LogP contribution in [-0.2, 0) is 21.4 Å². The maximum atomic E-state index is 12.2. The van der Waals surface area contributed by atoms with Crippen LogP contribution in [0.4, 0.5) is 11.6 Å². The minimum absolute atomic E-state index is 0.0371. The molecule has 0 aromatic carbocycles. The minimum atomic E-state index is -0.608. The number of aryl methyl sites for hydroxylation is 1. The second-order valence-corrected chi connectivity index (χ2v) is 5.38. The maximum absolute atomic E-state index is 12.2. The van der Waals surface area contributed by atoms with Gasteiger partial charge in [-0.1, -0.05) is 13.0 Å². The highest BCUT2D eigenvalue weighted by Gasteiger charge is 2.30. The zero-order chi connectivity index (χ0) is 15.9. The van der Waals surface area contributed by atoms with E-state index in [1.807, 2.05) is 6.92 Å². The molecule has 2 aliphatic heterocycles. The largest absolute Gasteiger partial charge is 0.311 e. The highest BCUT2D eigenvalue weighted by Crippen LogP contribution is 2.37. The SMILES string of the molecule is CC1CC(=O)Nc2c1c(NC(=O)C1C=CC(=O)N=C1)nn2C. The molecule has 8 heteroatoms. The number of dihydropyridines is 1. The summed E-state index contributed by atoms with van der Waals surface area (Å²) >= 11 is 0. The lowest BCUT2D eigenvalue weighted by molar-refractivity contribution is -0.117. The smallest absolute Gasteiger partial charge is 0.269 e. The molecule has 0 spiro atoms. The summed E-state index contributed by atoms with van der Waals surface area (Å²) in [4.78, 5) is 38.4. The molecule has 2 atom stereocenters. The molecule has 0 bridgehead atoms. The summed E-state index contributed by atoms with van der Waals surface area (Å²) < 4.78 is 1.53. The van der Waals surface area contributed by atoms with Gasteiger partial charge in [-0.15, -0.1) is 0 Å². The fourth-order valence-electron chi connectivity index (χ4n) is 2.60. The number of hydrogen-bond acceptors (Lipinski definition) is 4. The van der Waals surface area contributed by atoms with Crippen molar-refractivity contribution in [3.63, 3.8) is 0 Å². The van der Waals surface area contributed by atoms with Crippen LogP contribution in [0.25, 0.3) is 0 Å². The monoisotopic (exact) mass is 301 g/mol. The number of aromatic nitrogens is 2. The number of nitrogens with zero attached hydrogens (tertiary/aromatic N) is 3. The number of nitrogens with one attached hydrogen (secondary N) is 2. The lowest BCUT2D eigenvalue weighted by Crippen LogP contribution is -2.26. The number of amides is 3. The molecule has 0 fully saturated rings. The van der Waals surface area contributed by atoms with Gasteiger partial charge in [0.15, 0.2) is 5.82 Å². The summed E-state index contributed by atoms with van der Waals surface area (Å²) in [5.41, 5.74) is 0.809. The number of rotatable bonds is 2.